The van der Waals surface area contributed by atoms with Crippen molar-refractivity contribution in [1.82, 2.24) is 20.2 Å². The number of benzene rings is 1. The minimum atomic E-state index is -0.198. The van der Waals surface area contributed by atoms with Gasteiger partial charge >= 0.3 is 0 Å². The second kappa shape index (κ2) is 9.15. The molecule has 2 aromatic heterocycles. The molecular formula is C17H16ClN7OS. The van der Waals surface area contributed by atoms with Gasteiger partial charge in [0, 0.05) is 6.20 Å². The number of rotatable bonds is 7. The monoisotopic (exact) mass is 401 g/mol. The maximum atomic E-state index is 12.0. The maximum Gasteiger partial charge on any atom is 0.240 e. The third kappa shape index (κ3) is 5.53. The number of H-pyrrole nitrogens is 1. The van der Waals surface area contributed by atoms with Gasteiger partial charge in [0.05, 0.1) is 27.9 Å². The number of nitrogens with zero attached hydrogens (tertiary/aromatic N) is 4. The Hall–Kier alpha value is -2.91. The largest absolute Gasteiger partial charge is 0.324 e. The van der Waals surface area contributed by atoms with Gasteiger partial charge in [0.15, 0.2) is 0 Å². The second-order valence-electron chi connectivity index (χ2n) is 5.31. The molecule has 0 saturated carbocycles. The minimum Gasteiger partial charge on any atom is -0.324 e. The lowest BCUT2D eigenvalue weighted by Gasteiger charge is -2.05. The van der Waals surface area contributed by atoms with Crippen LogP contribution in [0.15, 0.2) is 58.9 Å². The summed E-state index contributed by atoms with van der Waals surface area (Å²) >= 11 is 7.21. The number of hydrazone groups is 1. The molecule has 138 valence electrons. The molecule has 0 bridgehead atoms. The number of anilines is 2. The van der Waals surface area contributed by atoms with E-state index < -0.39 is 0 Å². The molecule has 27 heavy (non-hydrogen) atoms. The Balaban J connectivity index is 1.51. The first-order valence-corrected chi connectivity index (χ1v) is 9.29. The maximum absolute atomic E-state index is 12.0. The average Bonchev–Trinajstić information content (AvgIpc) is 3.15. The summed E-state index contributed by atoms with van der Waals surface area (Å²) in [6.07, 6.45) is 1.70. The van der Waals surface area contributed by atoms with E-state index in [0.29, 0.717) is 27.5 Å². The molecule has 0 spiro atoms. The number of carbonyl (C=O) groups excluding carboxylic acids is 1. The van der Waals surface area contributed by atoms with Crippen molar-refractivity contribution in [3.8, 4) is 0 Å². The summed E-state index contributed by atoms with van der Waals surface area (Å²) in [5, 5.41) is 14.6. The van der Waals surface area contributed by atoms with Crippen LogP contribution in [-0.4, -0.2) is 37.5 Å². The van der Waals surface area contributed by atoms with Crippen molar-refractivity contribution < 1.29 is 4.79 Å². The predicted molar refractivity (Wildman–Crippen MR) is 107 cm³/mol. The molecule has 0 saturated heterocycles. The second-order valence-corrected chi connectivity index (χ2v) is 6.66. The van der Waals surface area contributed by atoms with Crippen molar-refractivity contribution in [3.63, 3.8) is 0 Å². The van der Waals surface area contributed by atoms with E-state index in [1.54, 1.807) is 30.5 Å². The number of pyridine rings is 1. The Morgan fingerprint density at radius 2 is 2.07 bits per heavy atom. The summed E-state index contributed by atoms with van der Waals surface area (Å²) in [5.41, 5.74) is 4.82. The van der Waals surface area contributed by atoms with E-state index in [-0.39, 0.29) is 11.7 Å². The van der Waals surface area contributed by atoms with Crippen LogP contribution < -0.4 is 10.7 Å². The smallest absolute Gasteiger partial charge is 0.240 e. The number of carbonyl (C=O) groups is 1. The zero-order chi connectivity index (χ0) is 19.1. The van der Waals surface area contributed by atoms with Gasteiger partial charge in [-0.15, -0.1) is 5.10 Å². The SMILES string of the molecule is C/C(=N\Nc1nc(SCC(=O)Nc2ccccc2Cl)n[nH]1)c1ccccn1. The average molecular weight is 402 g/mol. The molecular weight excluding hydrogens is 386 g/mol. The lowest BCUT2D eigenvalue weighted by Crippen LogP contribution is -2.14. The molecule has 10 heteroatoms. The van der Waals surface area contributed by atoms with Crippen LogP contribution in [0.1, 0.15) is 12.6 Å². The molecule has 0 atom stereocenters. The van der Waals surface area contributed by atoms with E-state index in [2.05, 4.69) is 36.0 Å². The lowest BCUT2D eigenvalue weighted by molar-refractivity contribution is -0.113. The van der Waals surface area contributed by atoms with Gasteiger partial charge < -0.3 is 5.32 Å². The van der Waals surface area contributed by atoms with Crippen LogP contribution in [0.2, 0.25) is 5.02 Å². The summed E-state index contributed by atoms with van der Waals surface area (Å²) in [5.74, 6) is 0.328. The standard InChI is InChI=1S/C17H16ClN7OS/c1-11(13-7-4-5-9-19-13)22-23-16-21-17(25-24-16)27-10-15(26)20-14-8-3-2-6-12(14)18/h2-9H,10H2,1H3,(H,20,26)(H2,21,23,24,25)/b22-11+. The number of amides is 1. The molecule has 0 radical (unpaired) electrons. The number of aromatic amines is 1. The van der Waals surface area contributed by atoms with E-state index in [1.165, 1.54) is 11.8 Å². The molecule has 1 aromatic carbocycles. The van der Waals surface area contributed by atoms with Crippen molar-refractivity contribution in [1.29, 1.82) is 0 Å². The van der Waals surface area contributed by atoms with Crippen LogP contribution in [0.3, 0.4) is 0 Å². The van der Waals surface area contributed by atoms with Crippen molar-refractivity contribution in [2.24, 2.45) is 5.10 Å². The van der Waals surface area contributed by atoms with Gasteiger partial charge in [-0.3, -0.25) is 9.78 Å². The zero-order valence-corrected chi connectivity index (χ0v) is 15.9. The van der Waals surface area contributed by atoms with Crippen LogP contribution >= 0.6 is 23.4 Å². The molecule has 8 nitrogen and oxygen atoms in total. The highest BCUT2D eigenvalue weighted by molar-refractivity contribution is 7.99. The molecule has 3 aromatic rings. The lowest BCUT2D eigenvalue weighted by atomic mass is 10.3. The number of nitrogens with one attached hydrogen (secondary N) is 3. The zero-order valence-electron chi connectivity index (χ0n) is 14.3. The van der Waals surface area contributed by atoms with E-state index >= 15 is 0 Å². The molecule has 0 aliphatic carbocycles. The first-order valence-electron chi connectivity index (χ1n) is 7.93. The van der Waals surface area contributed by atoms with Crippen molar-refractivity contribution >= 4 is 46.6 Å². The highest BCUT2D eigenvalue weighted by atomic mass is 35.5. The van der Waals surface area contributed by atoms with E-state index in [0.717, 1.165) is 5.69 Å². The fraction of sp³-hybridized carbons (Fsp3) is 0.118. The van der Waals surface area contributed by atoms with Crippen LogP contribution in [-0.2, 0) is 4.79 Å². The third-order valence-electron chi connectivity index (χ3n) is 3.31. The molecule has 0 aliphatic rings. The van der Waals surface area contributed by atoms with Crippen LogP contribution in [0.4, 0.5) is 11.6 Å². The first-order chi connectivity index (χ1) is 13.1. The van der Waals surface area contributed by atoms with Crippen molar-refractivity contribution in [2.75, 3.05) is 16.5 Å². The predicted octanol–water partition coefficient (Wildman–Crippen LogP) is 3.42. The first kappa shape index (κ1) is 18.9. The number of thioether (sulfide) groups is 1. The number of aromatic nitrogens is 4. The highest BCUT2D eigenvalue weighted by Gasteiger charge is 2.09. The van der Waals surface area contributed by atoms with Crippen LogP contribution in [0.5, 0.6) is 0 Å². The van der Waals surface area contributed by atoms with E-state index in [1.807, 2.05) is 25.1 Å². The number of para-hydroxylation sites is 1. The Morgan fingerprint density at radius 3 is 2.85 bits per heavy atom. The molecule has 1 amide bonds. The summed E-state index contributed by atoms with van der Waals surface area (Å²) < 4.78 is 0. The summed E-state index contributed by atoms with van der Waals surface area (Å²) in [6, 6.07) is 12.6. The fourth-order valence-corrected chi connectivity index (χ4v) is 2.79. The minimum absolute atomic E-state index is 0.152. The van der Waals surface area contributed by atoms with Gasteiger partial charge in [0.25, 0.3) is 0 Å². The number of hydrogen-bond donors (Lipinski definition) is 3. The molecule has 3 rings (SSSR count). The summed E-state index contributed by atoms with van der Waals surface area (Å²) in [6.45, 7) is 1.83. The van der Waals surface area contributed by atoms with E-state index in [4.69, 9.17) is 11.6 Å². The van der Waals surface area contributed by atoms with Crippen molar-refractivity contribution in [2.45, 2.75) is 12.1 Å². The number of halogens is 1. The molecule has 3 N–H and O–H groups in total. The molecule has 0 aliphatic heterocycles. The Bertz CT molecular complexity index is 945. The van der Waals surface area contributed by atoms with Gasteiger partial charge in [-0.05, 0) is 31.2 Å². The van der Waals surface area contributed by atoms with Gasteiger partial charge in [-0.25, -0.2) is 10.5 Å². The van der Waals surface area contributed by atoms with Crippen molar-refractivity contribution in [3.05, 3.63) is 59.4 Å². The summed E-state index contributed by atoms with van der Waals surface area (Å²) in [4.78, 5) is 20.5. The molecule has 0 unspecified atom stereocenters. The van der Waals surface area contributed by atoms with E-state index in [9.17, 15) is 4.79 Å². The van der Waals surface area contributed by atoms with Crippen LogP contribution in [0, 0.1) is 0 Å². The van der Waals surface area contributed by atoms with Crippen LogP contribution in [0.25, 0.3) is 0 Å². The fourth-order valence-electron chi connectivity index (χ4n) is 2.01. The Labute approximate surface area is 164 Å². The normalized spacial score (nSPS) is 11.3. The van der Waals surface area contributed by atoms with Gasteiger partial charge in [-0.1, -0.05) is 41.6 Å². The summed E-state index contributed by atoms with van der Waals surface area (Å²) in [7, 11) is 0. The van der Waals surface area contributed by atoms with Gasteiger partial charge in [-0.2, -0.15) is 10.1 Å². The quantitative estimate of drug-likeness (QED) is 0.318. The Kier molecular flexibility index (Phi) is 6.39. The molecule has 0 fully saturated rings. The number of hydrogen-bond acceptors (Lipinski definition) is 7. The van der Waals surface area contributed by atoms with Gasteiger partial charge in [0.2, 0.25) is 17.0 Å². The van der Waals surface area contributed by atoms with Gasteiger partial charge in [0.1, 0.15) is 0 Å². The Morgan fingerprint density at radius 1 is 1.26 bits per heavy atom. The highest BCUT2D eigenvalue weighted by Crippen LogP contribution is 2.21. The topological polar surface area (TPSA) is 108 Å². The third-order valence-corrected chi connectivity index (χ3v) is 4.49. The molecule has 2 heterocycles.